The third-order valence-electron chi connectivity index (χ3n) is 1.38. The van der Waals surface area contributed by atoms with Gasteiger partial charge in [-0.1, -0.05) is 5.92 Å². The number of rotatable bonds is 3. The van der Waals surface area contributed by atoms with Gasteiger partial charge in [-0.05, 0) is 6.92 Å². The maximum atomic E-state index is 4.91. The van der Waals surface area contributed by atoms with E-state index in [0.717, 1.165) is 0 Å². The number of anilines is 1. The van der Waals surface area contributed by atoms with E-state index in [2.05, 4.69) is 27.1 Å². The summed E-state index contributed by atoms with van der Waals surface area (Å²) in [7, 11) is 1.58. The van der Waals surface area contributed by atoms with Crippen molar-refractivity contribution < 1.29 is 4.74 Å². The van der Waals surface area contributed by atoms with Crippen LogP contribution in [0.2, 0.25) is 0 Å². The van der Waals surface area contributed by atoms with Crippen LogP contribution in [0, 0.1) is 11.8 Å². The zero-order valence-electron chi connectivity index (χ0n) is 7.66. The van der Waals surface area contributed by atoms with Gasteiger partial charge in [-0.3, -0.25) is 0 Å². The number of aromatic nitrogens is 2. The Balaban J connectivity index is 2.52. The Morgan fingerprint density at radius 1 is 1.46 bits per heavy atom. The van der Waals surface area contributed by atoms with Crippen LogP contribution >= 0.6 is 0 Å². The van der Waals surface area contributed by atoms with Gasteiger partial charge in [0, 0.05) is 0 Å². The molecule has 0 fully saturated rings. The van der Waals surface area contributed by atoms with Crippen molar-refractivity contribution in [1.82, 2.24) is 9.97 Å². The molecule has 1 heterocycles. The summed E-state index contributed by atoms with van der Waals surface area (Å²) in [5.74, 6) is 6.83. The van der Waals surface area contributed by atoms with Crippen LogP contribution in [0.3, 0.4) is 0 Å². The largest absolute Gasteiger partial charge is 0.494 e. The predicted octanol–water partition coefficient (Wildman–Crippen LogP) is 0.920. The third kappa shape index (κ3) is 2.99. The van der Waals surface area contributed by atoms with Gasteiger partial charge in [-0.15, -0.1) is 5.92 Å². The molecule has 13 heavy (non-hydrogen) atoms. The van der Waals surface area contributed by atoms with E-state index in [1.54, 1.807) is 26.4 Å². The first-order valence-electron chi connectivity index (χ1n) is 3.86. The highest BCUT2D eigenvalue weighted by atomic mass is 16.5. The van der Waals surface area contributed by atoms with Gasteiger partial charge >= 0.3 is 0 Å². The molecule has 0 aromatic carbocycles. The highest BCUT2D eigenvalue weighted by Crippen LogP contribution is 2.06. The van der Waals surface area contributed by atoms with Crippen LogP contribution in [0.5, 0.6) is 5.75 Å². The summed E-state index contributed by atoms with van der Waals surface area (Å²) in [6.45, 7) is 2.35. The molecule has 0 bridgehead atoms. The van der Waals surface area contributed by atoms with Crippen LogP contribution in [-0.2, 0) is 0 Å². The molecule has 0 aliphatic heterocycles. The lowest BCUT2D eigenvalue weighted by molar-refractivity contribution is 0.411. The molecular weight excluding hydrogens is 166 g/mol. The molecule has 0 atom stereocenters. The van der Waals surface area contributed by atoms with Crippen molar-refractivity contribution in [3.63, 3.8) is 0 Å². The van der Waals surface area contributed by atoms with E-state index in [0.29, 0.717) is 18.2 Å². The van der Waals surface area contributed by atoms with Gasteiger partial charge in [-0.2, -0.15) is 0 Å². The molecule has 0 aliphatic carbocycles. The molecule has 1 N–H and O–H groups in total. The average Bonchev–Trinajstić information content (AvgIpc) is 2.19. The van der Waals surface area contributed by atoms with Crippen molar-refractivity contribution in [2.45, 2.75) is 6.92 Å². The smallest absolute Gasteiger partial charge is 0.223 e. The predicted molar refractivity (Wildman–Crippen MR) is 50.5 cm³/mol. The number of ether oxygens (including phenoxy) is 1. The average molecular weight is 177 g/mol. The fourth-order valence-corrected chi connectivity index (χ4v) is 0.725. The summed E-state index contributed by atoms with van der Waals surface area (Å²) in [5, 5.41) is 2.95. The molecular formula is C9H11N3O. The monoisotopic (exact) mass is 177 g/mol. The minimum absolute atomic E-state index is 0.558. The second-order valence-electron chi connectivity index (χ2n) is 2.23. The Hall–Kier alpha value is -1.76. The van der Waals surface area contributed by atoms with Crippen LogP contribution in [-0.4, -0.2) is 23.6 Å². The second-order valence-corrected chi connectivity index (χ2v) is 2.23. The first kappa shape index (κ1) is 9.33. The number of nitrogens with zero attached hydrogens (tertiary/aromatic N) is 2. The quantitative estimate of drug-likeness (QED) is 0.697. The van der Waals surface area contributed by atoms with Crippen molar-refractivity contribution in [2.24, 2.45) is 0 Å². The van der Waals surface area contributed by atoms with Gasteiger partial charge in [0.05, 0.1) is 26.0 Å². The van der Waals surface area contributed by atoms with Gasteiger partial charge < -0.3 is 10.1 Å². The van der Waals surface area contributed by atoms with Gasteiger partial charge in [0.15, 0.2) is 5.75 Å². The lowest BCUT2D eigenvalue weighted by Crippen LogP contribution is -2.02. The highest BCUT2D eigenvalue weighted by Gasteiger charge is 1.93. The first-order valence-corrected chi connectivity index (χ1v) is 3.86. The van der Waals surface area contributed by atoms with Gasteiger partial charge in [-0.25, -0.2) is 9.97 Å². The molecule has 68 valence electrons. The number of methoxy groups -OCH3 is 1. The minimum Gasteiger partial charge on any atom is -0.494 e. The van der Waals surface area contributed by atoms with Crippen molar-refractivity contribution in [3.05, 3.63) is 12.4 Å². The van der Waals surface area contributed by atoms with E-state index < -0.39 is 0 Å². The van der Waals surface area contributed by atoms with Gasteiger partial charge in [0.25, 0.3) is 0 Å². The lowest BCUT2D eigenvalue weighted by Gasteiger charge is -2.00. The maximum Gasteiger partial charge on any atom is 0.223 e. The van der Waals surface area contributed by atoms with E-state index in [9.17, 15) is 0 Å². The summed E-state index contributed by atoms with van der Waals surface area (Å²) in [6.07, 6.45) is 3.21. The molecule has 1 aromatic heterocycles. The third-order valence-corrected chi connectivity index (χ3v) is 1.38. The van der Waals surface area contributed by atoms with E-state index in [4.69, 9.17) is 4.74 Å². The minimum atomic E-state index is 0.558. The number of nitrogens with one attached hydrogen (secondary N) is 1. The second kappa shape index (κ2) is 4.99. The molecule has 1 aromatic rings. The van der Waals surface area contributed by atoms with Gasteiger partial charge in [0.1, 0.15) is 0 Å². The topological polar surface area (TPSA) is 47.0 Å². The summed E-state index contributed by atoms with van der Waals surface area (Å²) in [5.41, 5.74) is 0. The van der Waals surface area contributed by atoms with Crippen molar-refractivity contribution >= 4 is 5.95 Å². The van der Waals surface area contributed by atoms with Crippen molar-refractivity contribution in [1.29, 1.82) is 0 Å². The molecule has 0 unspecified atom stereocenters. The molecule has 1 rings (SSSR count). The van der Waals surface area contributed by atoms with Crippen LogP contribution in [0.4, 0.5) is 5.95 Å². The molecule has 0 saturated carbocycles. The Morgan fingerprint density at radius 3 is 2.69 bits per heavy atom. The molecule has 0 saturated heterocycles. The Labute approximate surface area is 77.4 Å². The van der Waals surface area contributed by atoms with Crippen LogP contribution in [0.25, 0.3) is 0 Å². The Bertz CT molecular complexity index is 310. The molecule has 0 spiro atoms. The zero-order valence-corrected chi connectivity index (χ0v) is 7.66. The van der Waals surface area contributed by atoms with E-state index in [1.165, 1.54) is 0 Å². The Kier molecular flexibility index (Phi) is 3.58. The summed E-state index contributed by atoms with van der Waals surface area (Å²) < 4.78 is 4.91. The summed E-state index contributed by atoms with van der Waals surface area (Å²) in [4.78, 5) is 8.01. The first-order chi connectivity index (χ1) is 6.36. The maximum absolute atomic E-state index is 4.91. The number of hydrogen-bond acceptors (Lipinski definition) is 4. The highest BCUT2D eigenvalue weighted by molar-refractivity contribution is 5.28. The summed E-state index contributed by atoms with van der Waals surface area (Å²) >= 11 is 0. The van der Waals surface area contributed by atoms with Crippen molar-refractivity contribution in [2.75, 3.05) is 19.0 Å². The molecule has 0 amide bonds. The molecule has 4 nitrogen and oxygen atoms in total. The fraction of sp³-hybridized carbons (Fsp3) is 0.333. The normalized spacial score (nSPS) is 8.46. The van der Waals surface area contributed by atoms with E-state index >= 15 is 0 Å². The zero-order chi connectivity index (χ0) is 9.52. The molecule has 0 radical (unpaired) electrons. The Morgan fingerprint density at radius 2 is 2.15 bits per heavy atom. The van der Waals surface area contributed by atoms with E-state index in [-0.39, 0.29) is 0 Å². The van der Waals surface area contributed by atoms with Crippen LogP contribution in [0.15, 0.2) is 12.4 Å². The van der Waals surface area contributed by atoms with E-state index in [1.807, 2.05) is 0 Å². The molecule has 0 aliphatic rings. The summed E-state index contributed by atoms with van der Waals surface area (Å²) in [6, 6.07) is 0. The van der Waals surface area contributed by atoms with Crippen molar-refractivity contribution in [3.8, 4) is 17.6 Å². The standard InChI is InChI=1S/C9H11N3O/c1-3-4-5-10-9-11-6-8(13-2)7-12-9/h6-7H,5H2,1-2H3,(H,10,11,12). The lowest BCUT2D eigenvalue weighted by atomic mass is 10.6. The fourth-order valence-electron chi connectivity index (χ4n) is 0.725. The molecule has 4 heteroatoms. The SMILES string of the molecule is CC#CCNc1ncc(OC)cn1. The van der Waals surface area contributed by atoms with Crippen LogP contribution < -0.4 is 10.1 Å². The van der Waals surface area contributed by atoms with Gasteiger partial charge in [0.2, 0.25) is 5.95 Å². The van der Waals surface area contributed by atoms with Crippen LogP contribution in [0.1, 0.15) is 6.92 Å². The number of hydrogen-bond donors (Lipinski definition) is 1.